The number of hydrogen-bond acceptors (Lipinski definition) is 5. The molecule has 0 aliphatic carbocycles. The first-order valence-electron chi connectivity index (χ1n) is 11.2. The maximum absolute atomic E-state index is 11.3. The Morgan fingerprint density at radius 1 is 0.743 bits per heavy atom. The number of hydrogen-bond donors (Lipinski definition) is 1. The lowest BCUT2D eigenvalue weighted by molar-refractivity contribution is -0.116. The van der Waals surface area contributed by atoms with Crippen molar-refractivity contribution in [1.82, 2.24) is 5.32 Å². The van der Waals surface area contributed by atoms with Gasteiger partial charge in [-0.15, -0.1) is 5.10 Å². The van der Waals surface area contributed by atoms with E-state index in [9.17, 15) is 4.79 Å². The topological polar surface area (TPSA) is 63.0 Å². The van der Waals surface area contributed by atoms with Crippen LogP contribution < -0.4 is 10.1 Å². The summed E-state index contributed by atoms with van der Waals surface area (Å²) < 4.78 is 6.89. The lowest BCUT2D eigenvalue weighted by Gasteiger charge is -2.36. The van der Waals surface area contributed by atoms with Crippen molar-refractivity contribution in [2.24, 2.45) is 10.2 Å². The van der Waals surface area contributed by atoms with Crippen molar-refractivity contribution in [1.29, 1.82) is 0 Å². The standard InChI is InChI=1S/C29H23N3O2S/c33-27-21-35-28(31-27)32-30-20-22-16-18-26(19-17-22)34-29(23-10-4-1-5-11-23,24-12-6-2-7-13-24)25-14-8-3-9-15-25/h1-20H,21H2,(H,31,32,33). The van der Waals surface area contributed by atoms with E-state index in [1.807, 2.05) is 78.9 Å². The maximum atomic E-state index is 11.3. The molecule has 1 aliphatic rings. The lowest BCUT2D eigenvalue weighted by Crippen LogP contribution is -2.36. The van der Waals surface area contributed by atoms with Gasteiger partial charge in [0.15, 0.2) is 10.8 Å². The highest BCUT2D eigenvalue weighted by Gasteiger charge is 2.38. The third-order valence-electron chi connectivity index (χ3n) is 5.63. The zero-order valence-corrected chi connectivity index (χ0v) is 19.7. The van der Waals surface area contributed by atoms with Gasteiger partial charge >= 0.3 is 0 Å². The van der Waals surface area contributed by atoms with E-state index in [0.717, 1.165) is 28.0 Å². The zero-order chi connectivity index (χ0) is 23.9. The second kappa shape index (κ2) is 10.4. The predicted molar refractivity (Wildman–Crippen MR) is 142 cm³/mol. The molecule has 35 heavy (non-hydrogen) atoms. The Hall–Kier alpha value is -4.16. The molecule has 1 aliphatic heterocycles. The van der Waals surface area contributed by atoms with Crippen LogP contribution in [-0.4, -0.2) is 23.0 Å². The van der Waals surface area contributed by atoms with E-state index in [1.54, 1.807) is 6.21 Å². The lowest BCUT2D eigenvalue weighted by atomic mass is 9.80. The molecule has 172 valence electrons. The average Bonchev–Trinajstić information content (AvgIpc) is 3.34. The number of carbonyl (C=O) groups excluding carboxylic acids is 1. The molecule has 4 aromatic rings. The molecular formula is C29H23N3O2S. The Morgan fingerprint density at radius 3 is 1.71 bits per heavy atom. The Bertz CT molecular complexity index is 1240. The molecular weight excluding hydrogens is 454 g/mol. The van der Waals surface area contributed by atoms with E-state index in [1.165, 1.54) is 11.8 Å². The second-order valence-electron chi connectivity index (χ2n) is 7.94. The quantitative estimate of drug-likeness (QED) is 0.214. The van der Waals surface area contributed by atoms with E-state index < -0.39 is 5.60 Å². The maximum Gasteiger partial charge on any atom is 0.236 e. The van der Waals surface area contributed by atoms with Crippen molar-refractivity contribution in [3.05, 3.63) is 138 Å². The molecule has 1 N–H and O–H groups in total. The predicted octanol–water partition coefficient (Wildman–Crippen LogP) is 5.61. The number of thioether (sulfide) groups is 1. The van der Waals surface area contributed by atoms with Gasteiger partial charge in [-0.1, -0.05) is 103 Å². The summed E-state index contributed by atoms with van der Waals surface area (Å²) in [5, 5.41) is 11.3. The minimum atomic E-state index is -0.830. The van der Waals surface area contributed by atoms with Crippen LogP contribution in [0.5, 0.6) is 5.75 Å². The Labute approximate surface area is 208 Å². The monoisotopic (exact) mass is 477 g/mol. The minimum Gasteiger partial charge on any atom is -0.473 e. The molecule has 6 heteroatoms. The van der Waals surface area contributed by atoms with Gasteiger partial charge in [0.1, 0.15) is 5.75 Å². The van der Waals surface area contributed by atoms with Crippen LogP contribution in [0.2, 0.25) is 0 Å². The summed E-state index contributed by atoms with van der Waals surface area (Å²) >= 11 is 1.34. The molecule has 0 spiro atoms. The van der Waals surface area contributed by atoms with Crippen molar-refractivity contribution in [2.75, 3.05) is 5.75 Å². The average molecular weight is 478 g/mol. The molecule has 0 saturated carbocycles. The summed E-state index contributed by atoms with van der Waals surface area (Å²) in [5.41, 5.74) is 3.16. The van der Waals surface area contributed by atoms with Crippen LogP contribution in [0.25, 0.3) is 0 Å². The first-order valence-corrected chi connectivity index (χ1v) is 12.2. The first-order chi connectivity index (χ1) is 17.2. The number of benzene rings is 4. The zero-order valence-electron chi connectivity index (χ0n) is 18.9. The van der Waals surface area contributed by atoms with Crippen LogP contribution in [0.15, 0.2) is 125 Å². The van der Waals surface area contributed by atoms with Crippen molar-refractivity contribution < 1.29 is 9.53 Å². The highest BCUT2D eigenvalue weighted by atomic mass is 32.2. The van der Waals surface area contributed by atoms with E-state index in [0.29, 0.717) is 10.9 Å². The molecule has 1 fully saturated rings. The second-order valence-corrected chi connectivity index (χ2v) is 8.90. The third-order valence-corrected chi connectivity index (χ3v) is 6.50. The third kappa shape index (κ3) is 5.03. The van der Waals surface area contributed by atoms with Crippen LogP contribution in [0.1, 0.15) is 22.3 Å². The molecule has 1 saturated heterocycles. The smallest absolute Gasteiger partial charge is 0.236 e. The fraction of sp³-hybridized carbons (Fsp3) is 0.0690. The number of nitrogens with one attached hydrogen (secondary N) is 1. The number of ether oxygens (including phenoxy) is 1. The molecule has 0 aromatic heterocycles. The van der Waals surface area contributed by atoms with Crippen molar-refractivity contribution >= 4 is 29.1 Å². The molecule has 0 unspecified atom stereocenters. The molecule has 0 atom stereocenters. The SMILES string of the molecule is O=C1CSC(=NN=Cc2ccc(OC(c3ccccc3)(c3ccccc3)c3ccccc3)cc2)N1. The highest BCUT2D eigenvalue weighted by molar-refractivity contribution is 8.15. The van der Waals surface area contributed by atoms with Gasteiger partial charge in [-0.3, -0.25) is 4.79 Å². The number of amidine groups is 1. The summed E-state index contributed by atoms with van der Waals surface area (Å²) in [7, 11) is 0. The number of rotatable bonds is 7. The van der Waals surface area contributed by atoms with E-state index in [4.69, 9.17) is 4.74 Å². The fourth-order valence-electron chi connectivity index (χ4n) is 4.02. The van der Waals surface area contributed by atoms with E-state index >= 15 is 0 Å². The fourth-order valence-corrected chi connectivity index (χ4v) is 4.65. The van der Waals surface area contributed by atoms with Gasteiger partial charge in [-0.25, -0.2) is 0 Å². The molecule has 0 radical (unpaired) electrons. The number of amides is 1. The summed E-state index contributed by atoms with van der Waals surface area (Å²) in [6.45, 7) is 0. The Morgan fingerprint density at radius 2 is 1.26 bits per heavy atom. The van der Waals surface area contributed by atoms with Gasteiger partial charge in [0, 0.05) is 16.7 Å². The molecule has 5 nitrogen and oxygen atoms in total. The molecule has 4 aromatic carbocycles. The largest absolute Gasteiger partial charge is 0.473 e. The number of carbonyl (C=O) groups is 1. The first kappa shape index (κ1) is 22.6. The van der Waals surface area contributed by atoms with Gasteiger partial charge in [0.05, 0.1) is 12.0 Å². The van der Waals surface area contributed by atoms with Gasteiger partial charge in [0.2, 0.25) is 5.91 Å². The van der Waals surface area contributed by atoms with Gasteiger partial charge in [0.25, 0.3) is 0 Å². The summed E-state index contributed by atoms with van der Waals surface area (Å²) in [5.74, 6) is 1.06. The van der Waals surface area contributed by atoms with Gasteiger partial charge in [-0.2, -0.15) is 5.10 Å². The van der Waals surface area contributed by atoms with Gasteiger partial charge in [-0.05, 0) is 29.8 Å². The Kier molecular flexibility index (Phi) is 6.73. The number of nitrogens with zero attached hydrogens (tertiary/aromatic N) is 2. The highest BCUT2D eigenvalue weighted by Crippen LogP contribution is 2.41. The Balaban J connectivity index is 1.50. The minimum absolute atomic E-state index is 0.0517. The summed E-state index contributed by atoms with van der Waals surface area (Å²) in [4.78, 5) is 11.3. The van der Waals surface area contributed by atoms with E-state index in [-0.39, 0.29) is 5.91 Å². The summed E-state index contributed by atoms with van der Waals surface area (Å²) in [6.07, 6.45) is 1.65. The molecule has 0 bridgehead atoms. The van der Waals surface area contributed by atoms with Crippen LogP contribution in [0.3, 0.4) is 0 Å². The van der Waals surface area contributed by atoms with Crippen molar-refractivity contribution in [3.8, 4) is 5.75 Å². The molecule has 5 rings (SSSR count). The van der Waals surface area contributed by atoms with Crippen LogP contribution in [0.4, 0.5) is 0 Å². The van der Waals surface area contributed by atoms with Crippen molar-refractivity contribution in [2.45, 2.75) is 5.60 Å². The van der Waals surface area contributed by atoms with Crippen LogP contribution in [-0.2, 0) is 10.4 Å². The van der Waals surface area contributed by atoms with Crippen molar-refractivity contribution in [3.63, 3.8) is 0 Å². The van der Waals surface area contributed by atoms with Crippen LogP contribution >= 0.6 is 11.8 Å². The van der Waals surface area contributed by atoms with E-state index in [2.05, 4.69) is 51.9 Å². The van der Waals surface area contributed by atoms with Crippen LogP contribution in [0, 0.1) is 0 Å². The van der Waals surface area contributed by atoms with Gasteiger partial charge < -0.3 is 10.1 Å². The summed E-state index contributed by atoms with van der Waals surface area (Å²) in [6, 6.07) is 38.6. The normalized spacial score (nSPS) is 14.9. The molecule has 1 heterocycles. The molecule has 1 amide bonds.